The Bertz CT molecular complexity index is 869. The van der Waals surface area contributed by atoms with Crippen LogP contribution in [0.4, 0.5) is 0 Å². The molecule has 0 aromatic heterocycles. The maximum Gasteiger partial charge on any atom is 0.338 e. The van der Waals surface area contributed by atoms with E-state index in [0.717, 1.165) is 6.42 Å². The summed E-state index contributed by atoms with van der Waals surface area (Å²) in [4.78, 5) is 36.1. The smallest absolute Gasteiger partial charge is 0.338 e. The van der Waals surface area contributed by atoms with Gasteiger partial charge in [0.1, 0.15) is 0 Å². The summed E-state index contributed by atoms with van der Waals surface area (Å²) in [6.07, 6.45) is 0.780. The predicted octanol–water partition coefficient (Wildman–Crippen LogP) is 3.64. The molecule has 2 aromatic rings. The fraction of sp³-hybridized carbons (Fsp3) is 0.286. The monoisotopic (exact) mass is 419 g/mol. The van der Waals surface area contributed by atoms with Crippen LogP contribution in [0.15, 0.2) is 42.5 Å². The SMILES string of the molecule is CCCOc1c(Cl)cc(C(=O)OCC(=O)NC(=O)c2ccccc2)cc1OCC. The molecule has 2 rings (SSSR count). The van der Waals surface area contributed by atoms with Gasteiger partial charge in [-0.3, -0.25) is 14.9 Å². The molecule has 7 nitrogen and oxygen atoms in total. The number of hydrogen-bond donors (Lipinski definition) is 1. The molecule has 2 aromatic carbocycles. The fourth-order valence-electron chi connectivity index (χ4n) is 2.33. The summed E-state index contributed by atoms with van der Waals surface area (Å²) in [5.74, 6) is -1.45. The zero-order valence-electron chi connectivity index (χ0n) is 16.2. The van der Waals surface area contributed by atoms with Crippen molar-refractivity contribution in [3.8, 4) is 11.5 Å². The Labute approximate surface area is 173 Å². The molecule has 0 radical (unpaired) electrons. The van der Waals surface area contributed by atoms with E-state index in [2.05, 4.69) is 5.32 Å². The van der Waals surface area contributed by atoms with Crippen LogP contribution in [0.1, 0.15) is 41.0 Å². The number of ether oxygens (including phenoxy) is 3. The van der Waals surface area contributed by atoms with Crippen LogP contribution in [0.25, 0.3) is 0 Å². The van der Waals surface area contributed by atoms with Gasteiger partial charge in [-0.05, 0) is 37.6 Å². The minimum absolute atomic E-state index is 0.101. The topological polar surface area (TPSA) is 90.9 Å². The number of hydrogen-bond acceptors (Lipinski definition) is 6. The molecule has 0 spiro atoms. The van der Waals surface area contributed by atoms with E-state index in [4.69, 9.17) is 25.8 Å². The molecule has 0 heterocycles. The lowest BCUT2D eigenvalue weighted by Gasteiger charge is -2.14. The van der Waals surface area contributed by atoms with Crippen LogP contribution in [-0.4, -0.2) is 37.6 Å². The fourth-order valence-corrected chi connectivity index (χ4v) is 2.60. The molecule has 154 valence electrons. The van der Waals surface area contributed by atoms with Gasteiger partial charge in [-0.25, -0.2) is 4.79 Å². The first-order chi connectivity index (χ1) is 14.0. The summed E-state index contributed by atoms with van der Waals surface area (Å²) in [5, 5.41) is 2.35. The van der Waals surface area contributed by atoms with Crippen LogP contribution in [0, 0.1) is 0 Å². The number of rotatable bonds is 9. The van der Waals surface area contributed by atoms with Gasteiger partial charge < -0.3 is 14.2 Å². The van der Waals surface area contributed by atoms with E-state index in [1.54, 1.807) is 37.3 Å². The van der Waals surface area contributed by atoms with Gasteiger partial charge in [0.25, 0.3) is 11.8 Å². The lowest BCUT2D eigenvalue weighted by atomic mass is 10.2. The highest BCUT2D eigenvalue weighted by Crippen LogP contribution is 2.37. The van der Waals surface area contributed by atoms with Gasteiger partial charge in [0.2, 0.25) is 0 Å². The summed E-state index contributed by atoms with van der Waals surface area (Å²) in [7, 11) is 0. The molecule has 0 saturated heterocycles. The van der Waals surface area contributed by atoms with E-state index in [-0.39, 0.29) is 10.6 Å². The van der Waals surface area contributed by atoms with Crippen molar-refractivity contribution in [1.29, 1.82) is 0 Å². The van der Waals surface area contributed by atoms with Crippen molar-refractivity contribution >= 4 is 29.4 Å². The maximum atomic E-state index is 12.3. The third kappa shape index (κ3) is 6.50. The zero-order valence-corrected chi connectivity index (χ0v) is 17.0. The van der Waals surface area contributed by atoms with Gasteiger partial charge >= 0.3 is 5.97 Å². The van der Waals surface area contributed by atoms with E-state index in [9.17, 15) is 14.4 Å². The second-order valence-electron chi connectivity index (χ2n) is 5.89. The van der Waals surface area contributed by atoms with Crippen molar-refractivity contribution in [2.45, 2.75) is 20.3 Å². The lowest BCUT2D eigenvalue weighted by molar-refractivity contribution is -0.123. The summed E-state index contributed by atoms with van der Waals surface area (Å²) in [6.45, 7) is 3.91. The molecule has 0 saturated carbocycles. The van der Waals surface area contributed by atoms with E-state index >= 15 is 0 Å². The van der Waals surface area contributed by atoms with Crippen LogP contribution in [0.2, 0.25) is 5.02 Å². The Balaban J connectivity index is 2.00. The Morgan fingerprint density at radius 3 is 2.38 bits per heavy atom. The molecule has 0 atom stereocenters. The Hall–Kier alpha value is -3.06. The van der Waals surface area contributed by atoms with Gasteiger partial charge in [-0.15, -0.1) is 0 Å². The number of amides is 2. The van der Waals surface area contributed by atoms with Crippen molar-refractivity contribution in [2.75, 3.05) is 19.8 Å². The first kappa shape index (κ1) is 22.2. The molecule has 0 aliphatic carbocycles. The normalized spacial score (nSPS) is 10.2. The number of esters is 1. The number of halogens is 1. The van der Waals surface area contributed by atoms with E-state index in [1.807, 2.05) is 6.92 Å². The minimum Gasteiger partial charge on any atom is -0.490 e. The number of imide groups is 1. The summed E-state index contributed by atoms with van der Waals surface area (Å²) < 4.78 is 16.0. The molecule has 0 bridgehead atoms. The van der Waals surface area contributed by atoms with Crippen molar-refractivity contribution in [3.63, 3.8) is 0 Å². The summed E-state index contributed by atoms with van der Waals surface area (Å²) in [5.41, 5.74) is 0.424. The van der Waals surface area contributed by atoms with Crippen LogP contribution in [-0.2, 0) is 9.53 Å². The largest absolute Gasteiger partial charge is 0.490 e. The standard InChI is InChI=1S/C21H22ClNO6/c1-3-10-28-19-16(22)11-15(12-17(19)27-4-2)21(26)29-13-18(24)23-20(25)14-8-6-5-7-9-14/h5-9,11-12H,3-4,10,13H2,1-2H3,(H,23,24,25). The predicted molar refractivity (Wildman–Crippen MR) is 108 cm³/mol. The third-order valence-corrected chi connectivity index (χ3v) is 3.90. The zero-order chi connectivity index (χ0) is 21.2. The molecular weight excluding hydrogens is 398 g/mol. The van der Waals surface area contributed by atoms with E-state index in [1.165, 1.54) is 12.1 Å². The minimum atomic E-state index is -0.780. The highest BCUT2D eigenvalue weighted by molar-refractivity contribution is 6.32. The first-order valence-electron chi connectivity index (χ1n) is 9.11. The summed E-state index contributed by atoms with van der Waals surface area (Å²) in [6, 6.07) is 11.0. The second kappa shape index (κ2) is 11.1. The second-order valence-corrected chi connectivity index (χ2v) is 6.29. The number of carbonyl (C=O) groups is 3. The number of carbonyl (C=O) groups excluding carboxylic acids is 3. The van der Waals surface area contributed by atoms with Crippen molar-refractivity contribution in [2.24, 2.45) is 0 Å². The van der Waals surface area contributed by atoms with Crippen LogP contribution in [0.5, 0.6) is 11.5 Å². The van der Waals surface area contributed by atoms with Crippen molar-refractivity contribution in [1.82, 2.24) is 5.32 Å². The number of nitrogens with one attached hydrogen (secondary N) is 1. The Morgan fingerprint density at radius 2 is 1.72 bits per heavy atom. The molecule has 0 aliphatic rings. The molecule has 2 amide bonds. The first-order valence-corrected chi connectivity index (χ1v) is 9.49. The van der Waals surface area contributed by atoms with Crippen molar-refractivity contribution < 1.29 is 28.6 Å². The average molecular weight is 420 g/mol. The summed E-state index contributed by atoms with van der Waals surface area (Å²) >= 11 is 6.21. The van der Waals surface area contributed by atoms with E-state index in [0.29, 0.717) is 30.3 Å². The van der Waals surface area contributed by atoms with Crippen LogP contribution >= 0.6 is 11.6 Å². The van der Waals surface area contributed by atoms with Crippen LogP contribution < -0.4 is 14.8 Å². The lowest BCUT2D eigenvalue weighted by Crippen LogP contribution is -2.34. The van der Waals surface area contributed by atoms with Gasteiger partial charge in [0.15, 0.2) is 18.1 Å². The van der Waals surface area contributed by atoms with E-state index < -0.39 is 24.4 Å². The Morgan fingerprint density at radius 1 is 1.00 bits per heavy atom. The molecule has 29 heavy (non-hydrogen) atoms. The highest BCUT2D eigenvalue weighted by atomic mass is 35.5. The van der Waals surface area contributed by atoms with Gasteiger partial charge in [0, 0.05) is 5.56 Å². The van der Waals surface area contributed by atoms with Gasteiger partial charge in [-0.1, -0.05) is 36.7 Å². The van der Waals surface area contributed by atoms with Crippen molar-refractivity contribution in [3.05, 3.63) is 58.6 Å². The Kier molecular flexibility index (Phi) is 8.48. The molecule has 0 unspecified atom stereocenters. The van der Waals surface area contributed by atoms with Gasteiger partial charge in [0.05, 0.1) is 23.8 Å². The molecule has 8 heteroatoms. The number of benzene rings is 2. The quantitative estimate of drug-likeness (QED) is 0.624. The maximum absolute atomic E-state index is 12.3. The van der Waals surface area contributed by atoms with Gasteiger partial charge in [-0.2, -0.15) is 0 Å². The average Bonchev–Trinajstić information content (AvgIpc) is 2.72. The molecule has 0 aliphatic heterocycles. The van der Waals surface area contributed by atoms with Crippen LogP contribution in [0.3, 0.4) is 0 Å². The molecular formula is C21H22ClNO6. The third-order valence-electron chi connectivity index (χ3n) is 3.62. The highest BCUT2D eigenvalue weighted by Gasteiger charge is 2.19. The molecule has 0 fully saturated rings. The molecule has 1 N–H and O–H groups in total.